The van der Waals surface area contributed by atoms with E-state index in [9.17, 15) is 23.5 Å². The SMILES string of the molecule is O/N=C1/c2ccccc2-c2c(OC[C@@H](O)CNCC3CCN(c4ccnc5cc(C(F)(F)F)ccc45)CC3)cccc21. The van der Waals surface area contributed by atoms with Gasteiger partial charge in [0.15, 0.2) is 0 Å². The molecule has 218 valence electrons. The van der Waals surface area contributed by atoms with E-state index in [4.69, 9.17) is 4.74 Å². The number of ether oxygens (including phenoxy) is 1. The minimum atomic E-state index is -4.40. The molecule has 10 heteroatoms. The lowest BCUT2D eigenvalue weighted by Crippen LogP contribution is -2.39. The Labute approximate surface area is 241 Å². The van der Waals surface area contributed by atoms with Crippen LogP contribution in [0.15, 0.2) is 78.1 Å². The van der Waals surface area contributed by atoms with Gasteiger partial charge in [-0.2, -0.15) is 13.2 Å². The molecule has 0 radical (unpaired) electrons. The minimum Gasteiger partial charge on any atom is -0.490 e. The number of aromatic nitrogens is 1. The Morgan fingerprint density at radius 3 is 2.52 bits per heavy atom. The first-order chi connectivity index (χ1) is 20.3. The van der Waals surface area contributed by atoms with Gasteiger partial charge in [0, 0.05) is 53.6 Å². The monoisotopic (exact) mass is 576 g/mol. The second-order valence-electron chi connectivity index (χ2n) is 10.8. The molecule has 0 spiro atoms. The number of anilines is 1. The molecule has 1 atom stereocenters. The highest BCUT2D eigenvalue weighted by Crippen LogP contribution is 2.43. The fraction of sp³-hybridized carbons (Fsp3) is 0.312. The number of hydrogen-bond acceptors (Lipinski definition) is 7. The van der Waals surface area contributed by atoms with Crippen molar-refractivity contribution in [1.82, 2.24) is 10.3 Å². The molecule has 0 bridgehead atoms. The maximum absolute atomic E-state index is 13.1. The molecule has 2 aliphatic rings. The van der Waals surface area contributed by atoms with Crippen LogP contribution in [0.5, 0.6) is 5.75 Å². The Bertz CT molecular complexity index is 1620. The van der Waals surface area contributed by atoms with E-state index in [-0.39, 0.29) is 6.61 Å². The molecule has 4 aromatic rings. The van der Waals surface area contributed by atoms with Crippen LogP contribution in [-0.2, 0) is 6.18 Å². The maximum atomic E-state index is 13.1. The maximum Gasteiger partial charge on any atom is 0.416 e. The molecule has 0 unspecified atom stereocenters. The summed E-state index contributed by atoms with van der Waals surface area (Å²) >= 11 is 0. The van der Waals surface area contributed by atoms with Crippen molar-refractivity contribution in [1.29, 1.82) is 0 Å². The Balaban J connectivity index is 0.996. The molecule has 42 heavy (non-hydrogen) atoms. The molecule has 1 aromatic heterocycles. The number of hydrogen-bond donors (Lipinski definition) is 3. The van der Waals surface area contributed by atoms with Crippen LogP contribution in [0.2, 0.25) is 0 Å². The van der Waals surface area contributed by atoms with Gasteiger partial charge in [0.1, 0.15) is 24.2 Å². The number of piperidine rings is 1. The summed E-state index contributed by atoms with van der Waals surface area (Å²) in [6.45, 7) is 2.82. The van der Waals surface area contributed by atoms with Crippen molar-refractivity contribution in [3.63, 3.8) is 0 Å². The molecule has 0 amide bonds. The summed E-state index contributed by atoms with van der Waals surface area (Å²) in [6, 6.07) is 18.9. The quantitative estimate of drug-likeness (QED) is 0.162. The summed E-state index contributed by atoms with van der Waals surface area (Å²) in [5.41, 5.74) is 4.48. The average Bonchev–Trinajstić information content (AvgIpc) is 3.33. The number of halogens is 3. The van der Waals surface area contributed by atoms with Crippen LogP contribution in [0.25, 0.3) is 22.0 Å². The van der Waals surface area contributed by atoms with E-state index in [1.54, 1.807) is 6.20 Å². The first-order valence-electron chi connectivity index (χ1n) is 14.0. The number of nitrogens with one attached hydrogen (secondary N) is 1. The summed E-state index contributed by atoms with van der Waals surface area (Å²) < 4.78 is 45.4. The molecule has 3 N–H and O–H groups in total. The van der Waals surface area contributed by atoms with Crippen LogP contribution in [0.1, 0.15) is 29.5 Å². The number of pyridine rings is 1. The predicted molar refractivity (Wildman–Crippen MR) is 155 cm³/mol. The number of nitrogens with zero attached hydrogens (tertiary/aromatic N) is 3. The van der Waals surface area contributed by atoms with Gasteiger partial charge in [0.25, 0.3) is 0 Å². The van der Waals surface area contributed by atoms with Gasteiger partial charge >= 0.3 is 6.18 Å². The number of fused-ring (bicyclic) bond motifs is 4. The molecule has 1 fully saturated rings. The zero-order chi connectivity index (χ0) is 29.3. The van der Waals surface area contributed by atoms with Gasteiger partial charge in [-0.3, -0.25) is 4.98 Å². The van der Waals surface area contributed by atoms with E-state index < -0.39 is 17.8 Å². The van der Waals surface area contributed by atoms with Gasteiger partial charge in [0.05, 0.1) is 11.1 Å². The second-order valence-corrected chi connectivity index (χ2v) is 10.8. The van der Waals surface area contributed by atoms with Crippen molar-refractivity contribution in [2.24, 2.45) is 11.1 Å². The smallest absolute Gasteiger partial charge is 0.416 e. The van der Waals surface area contributed by atoms with Gasteiger partial charge in [-0.1, -0.05) is 47.6 Å². The summed E-state index contributed by atoms with van der Waals surface area (Å²) in [5, 5.41) is 27.8. The van der Waals surface area contributed by atoms with E-state index >= 15 is 0 Å². The molecular weight excluding hydrogens is 545 g/mol. The number of aliphatic hydroxyl groups excluding tert-OH is 1. The summed E-state index contributed by atoms with van der Waals surface area (Å²) in [4.78, 5) is 6.37. The highest BCUT2D eigenvalue weighted by molar-refractivity contribution is 6.25. The van der Waals surface area contributed by atoms with E-state index in [1.807, 2.05) is 48.5 Å². The summed E-state index contributed by atoms with van der Waals surface area (Å²) in [7, 11) is 0. The Morgan fingerprint density at radius 1 is 1.00 bits per heavy atom. The number of aliphatic hydroxyl groups is 1. The van der Waals surface area contributed by atoms with Crippen molar-refractivity contribution in [2.75, 3.05) is 37.7 Å². The standard InChI is InChI=1S/C32H31F3N4O3/c33-32(34,35)21-8-9-25-27(16-21)37-13-10-28(25)39-14-11-20(12-15-39)17-36-18-22(40)19-42-29-7-3-6-26-30(29)23-4-1-2-5-24(23)31(26)38-41/h1-10,13,16,20,22,36,40-41H,11-12,14-15,17-19H2/b38-31-/t22-/m0/s1. The fourth-order valence-corrected chi connectivity index (χ4v) is 5.95. The van der Waals surface area contributed by atoms with Crippen LogP contribution in [0, 0.1) is 5.92 Å². The van der Waals surface area contributed by atoms with E-state index in [2.05, 4.69) is 20.4 Å². The third-order valence-corrected chi connectivity index (χ3v) is 8.08. The van der Waals surface area contributed by atoms with Gasteiger partial charge < -0.3 is 25.3 Å². The lowest BCUT2D eigenvalue weighted by Gasteiger charge is -2.34. The number of rotatable bonds is 8. The lowest BCUT2D eigenvalue weighted by atomic mass is 9.96. The first kappa shape index (κ1) is 28.0. The Kier molecular flexibility index (Phi) is 7.74. The normalized spacial score (nSPS) is 17.0. The van der Waals surface area contributed by atoms with Gasteiger partial charge in [-0.05, 0) is 55.1 Å². The molecule has 1 aliphatic heterocycles. The third kappa shape index (κ3) is 5.52. The molecule has 2 heterocycles. The molecule has 6 rings (SSSR count). The van der Waals surface area contributed by atoms with Crippen molar-refractivity contribution in [2.45, 2.75) is 25.1 Å². The van der Waals surface area contributed by atoms with Gasteiger partial charge in [0.2, 0.25) is 0 Å². The number of oxime groups is 1. The first-order valence-corrected chi connectivity index (χ1v) is 14.0. The predicted octanol–water partition coefficient (Wildman–Crippen LogP) is 5.71. The summed E-state index contributed by atoms with van der Waals surface area (Å²) in [6.07, 6.45) is -1.70. The summed E-state index contributed by atoms with van der Waals surface area (Å²) in [5.74, 6) is 1.05. The minimum absolute atomic E-state index is 0.112. The average molecular weight is 577 g/mol. The van der Waals surface area contributed by atoms with Crippen LogP contribution in [0.3, 0.4) is 0 Å². The largest absolute Gasteiger partial charge is 0.490 e. The van der Waals surface area contributed by atoms with Crippen LogP contribution < -0.4 is 15.0 Å². The highest BCUT2D eigenvalue weighted by atomic mass is 19.4. The molecule has 3 aromatic carbocycles. The molecule has 7 nitrogen and oxygen atoms in total. The van der Waals surface area contributed by atoms with Crippen molar-refractivity contribution >= 4 is 22.3 Å². The van der Waals surface area contributed by atoms with E-state index in [1.165, 1.54) is 6.07 Å². The van der Waals surface area contributed by atoms with Crippen LogP contribution >= 0.6 is 0 Å². The van der Waals surface area contributed by atoms with Crippen molar-refractivity contribution < 1.29 is 28.2 Å². The van der Waals surface area contributed by atoms with Crippen LogP contribution in [0.4, 0.5) is 18.9 Å². The Morgan fingerprint density at radius 2 is 1.76 bits per heavy atom. The zero-order valence-corrected chi connectivity index (χ0v) is 22.8. The molecule has 1 aliphatic carbocycles. The fourth-order valence-electron chi connectivity index (χ4n) is 5.95. The van der Waals surface area contributed by atoms with Gasteiger partial charge in [-0.15, -0.1) is 0 Å². The van der Waals surface area contributed by atoms with Crippen LogP contribution in [-0.4, -0.2) is 59.9 Å². The molecule has 1 saturated heterocycles. The third-order valence-electron chi connectivity index (χ3n) is 8.08. The van der Waals surface area contributed by atoms with E-state index in [0.717, 1.165) is 77.9 Å². The lowest BCUT2D eigenvalue weighted by molar-refractivity contribution is -0.137. The number of benzene rings is 3. The number of alkyl halides is 3. The highest BCUT2D eigenvalue weighted by Gasteiger charge is 2.31. The van der Waals surface area contributed by atoms with E-state index in [0.29, 0.717) is 29.4 Å². The Hall–Kier alpha value is -4.15. The second kappa shape index (κ2) is 11.6. The molecule has 0 saturated carbocycles. The van der Waals surface area contributed by atoms with Gasteiger partial charge in [-0.25, -0.2) is 0 Å². The topological polar surface area (TPSA) is 90.2 Å². The zero-order valence-electron chi connectivity index (χ0n) is 22.8. The van der Waals surface area contributed by atoms with Crippen molar-refractivity contribution in [3.8, 4) is 16.9 Å². The molecular formula is C32H31F3N4O3. The van der Waals surface area contributed by atoms with Crippen molar-refractivity contribution in [3.05, 3.63) is 89.6 Å².